The summed E-state index contributed by atoms with van der Waals surface area (Å²) < 4.78 is 0. The van der Waals surface area contributed by atoms with E-state index in [-0.39, 0.29) is 12.3 Å². The lowest BCUT2D eigenvalue weighted by atomic mass is 10.1. The Labute approximate surface area is 78.4 Å². The maximum atomic E-state index is 10.7. The highest BCUT2D eigenvalue weighted by Crippen LogP contribution is 2.06. The molecule has 0 aliphatic carbocycles. The minimum Gasteiger partial charge on any atom is -0.289 e. The van der Waals surface area contributed by atoms with E-state index in [0.717, 1.165) is 5.57 Å². The van der Waals surface area contributed by atoms with Crippen molar-refractivity contribution in [3.8, 4) is 0 Å². The zero-order valence-corrected chi connectivity index (χ0v) is 7.79. The molecular formula is C10H15NO2. The molecule has 3 heteroatoms. The monoisotopic (exact) mass is 181 g/mol. The number of allylic oxidation sites excluding steroid dienone is 5. The van der Waals surface area contributed by atoms with Gasteiger partial charge in [-0.15, -0.1) is 0 Å². The van der Waals surface area contributed by atoms with E-state index in [1.165, 1.54) is 0 Å². The van der Waals surface area contributed by atoms with Gasteiger partial charge in [-0.25, -0.2) is 5.48 Å². The third kappa shape index (κ3) is 5.87. The lowest BCUT2D eigenvalue weighted by Crippen LogP contribution is -2.17. The van der Waals surface area contributed by atoms with E-state index in [0.29, 0.717) is 6.42 Å². The Morgan fingerprint density at radius 2 is 2.23 bits per heavy atom. The first-order chi connectivity index (χ1) is 6.24. The fraction of sp³-hybridized carbons (Fsp3) is 0.300. The molecule has 72 valence electrons. The highest BCUT2D eigenvalue weighted by atomic mass is 16.5. The van der Waals surface area contributed by atoms with Crippen LogP contribution >= 0.6 is 0 Å². The summed E-state index contributed by atoms with van der Waals surface area (Å²) in [5.74, 6) is -0.375. The highest BCUT2D eigenvalue weighted by molar-refractivity contribution is 5.74. The zero-order chi connectivity index (χ0) is 10.1. The number of nitrogens with one attached hydrogen (secondary N) is 1. The first kappa shape index (κ1) is 11.6. The van der Waals surface area contributed by atoms with E-state index in [1.54, 1.807) is 11.6 Å². The number of carbonyl (C=O) groups excluding carboxylic acids is 1. The number of carbonyl (C=O) groups is 1. The van der Waals surface area contributed by atoms with Crippen molar-refractivity contribution in [2.45, 2.75) is 19.8 Å². The SMILES string of the molecule is C=C/C=C(\C=C/C)CCC(=O)NO. The number of rotatable bonds is 5. The van der Waals surface area contributed by atoms with E-state index >= 15 is 0 Å². The summed E-state index contributed by atoms with van der Waals surface area (Å²) >= 11 is 0. The van der Waals surface area contributed by atoms with E-state index in [9.17, 15) is 4.79 Å². The number of hydrogen-bond donors (Lipinski definition) is 2. The summed E-state index contributed by atoms with van der Waals surface area (Å²) in [6.45, 7) is 5.48. The lowest BCUT2D eigenvalue weighted by Gasteiger charge is -1.99. The third-order valence-corrected chi connectivity index (χ3v) is 1.48. The van der Waals surface area contributed by atoms with E-state index < -0.39 is 0 Å². The maximum Gasteiger partial charge on any atom is 0.243 e. The molecule has 0 aromatic rings. The quantitative estimate of drug-likeness (QED) is 0.387. The average Bonchev–Trinajstić information content (AvgIpc) is 2.14. The molecule has 0 unspecified atom stereocenters. The van der Waals surface area contributed by atoms with Crippen LogP contribution < -0.4 is 5.48 Å². The Hall–Kier alpha value is -1.35. The summed E-state index contributed by atoms with van der Waals surface area (Å²) in [5.41, 5.74) is 2.60. The standard InChI is InChI=1S/C10H15NO2/c1-3-5-9(6-4-2)7-8-10(12)11-13/h3-6,13H,1,7-8H2,2H3,(H,11,12)/b6-4-,9-5+. The van der Waals surface area contributed by atoms with Gasteiger partial charge in [-0.2, -0.15) is 0 Å². The van der Waals surface area contributed by atoms with Gasteiger partial charge in [-0.3, -0.25) is 10.0 Å². The second-order valence-corrected chi connectivity index (χ2v) is 2.51. The van der Waals surface area contributed by atoms with Crippen molar-refractivity contribution >= 4 is 5.91 Å². The molecule has 0 aliphatic heterocycles. The molecule has 0 fully saturated rings. The molecule has 3 nitrogen and oxygen atoms in total. The van der Waals surface area contributed by atoms with E-state index in [4.69, 9.17) is 5.21 Å². The highest BCUT2D eigenvalue weighted by Gasteiger charge is 1.99. The van der Waals surface area contributed by atoms with Crippen LogP contribution in [0, 0.1) is 0 Å². The second kappa shape index (κ2) is 7.31. The van der Waals surface area contributed by atoms with Crippen LogP contribution in [0.4, 0.5) is 0 Å². The van der Waals surface area contributed by atoms with Gasteiger partial charge in [0, 0.05) is 6.42 Å². The van der Waals surface area contributed by atoms with E-state index in [2.05, 4.69) is 6.58 Å². The van der Waals surface area contributed by atoms with Gasteiger partial charge >= 0.3 is 0 Å². The molecule has 0 bridgehead atoms. The molecule has 0 saturated carbocycles. The molecule has 13 heavy (non-hydrogen) atoms. The molecule has 0 saturated heterocycles. The molecule has 2 N–H and O–H groups in total. The topological polar surface area (TPSA) is 49.3 Å². The maximum absolute atomic E-state index is 10.7. The Kier molecular flexibility index (Phi) is 6.55. The molecule has 0 aromatic carbocycles. The largest absolute Gasteiger partial charge is 0.289 e. The Morgan fingerprint density at radius 1 is 1.54 bits per heavy atom. The molecule has 0 heterocycles. The Balaban J connectivity index is 4.04. The fourth-order valence-electron chi connectivity index (χ4n) is 0.901. The van der Waals surface area contributed by atoms with Crippen molar-refractivity contribution < 1.29 is 10.0 Å². The lowest BCUT2D eigenvalue weighted by molar-refractivity contribution is -0.129. The normalized spacial score (nSPS) is 11.7. The number of amides is 1. The predicted octanol–water partition coefficient (Wildman–Crippen LogP) is 1.96. The number of hydrogen-bond acceptors (Lipinski definition) is 2. The Bertz CT molecular complexity index is 229. The average molecular weight is 181 g/mol. The van der Waals surface area contributed by atoms with E-state index in [1.807, 2.05) is 25.2 Å². The van der Waals surface area contributed by atoms with Crippen molar-refractivity contribution in [2.24, 2.45) is 0 Å². The predicted molar refractivity (Wildman–Crippen MR) is 52.3 cm³/mol. The van der Waals surface area contributed by atoms with Gasteiger partial charge in [-0.05, 0) is 18.9 Å². The summed E-state index contributed by atoms with van der Waals surface area (Å²) in [5, 5.41) is 8.25. The molecule has 0 aromatic heterocycles. The van der Waals surface area contributed by atoms with Gasteiger partial charge < -0.3 is 0 Å². The van der Waals surface area contributed by atoms with Crippen LogP contribution in [0.3, 0.4) is 0 Å². The summed E-state index contributed by atoms with van der Waals surface area (Å²) in [6.07, 6.45) is 8.19. The summed E-state index contributed by atoms with van der Waals surface area (Å²) in [6, 6.07) is 0. The number of hydroxylamine groups is 1. The summed E-state index contributed by atoms with van der Waals surface area (Å²) in [4.78, 5) is 10.7. The van der Waals surface area contributed by atoms with Crippen LogP contribution in [0.1, 0.15) is 19.8 Å². The molecule has 0 radical (unpaired) electrons. The van der Waals surface area contributed by atoms with Crippen LogP contribution in [0.5, 0.6) is 0 Å². The molecule has 0 spiro atoms. The zero-order valence-electron chi connectivity index (χ0n) is 7.79. The van der Waals surface area contributed by atoms with Crippen LogP contribution in [0.2, 0.25) is 0 Å². The van der Waals surface area contributed by atoms with Gasteiger partial charge in [0.25, 0.3) is 0 Å². The molecular weight excluding hydrogens is 166 g/mol. The summed E-state index contributed by atoms with van der Waals surface area (Å²) in [7, 11) is 0. The van der Waals surface area contributed by atoms with Crippen molar-refractivity contribution in [3.63, 3.8) is 0 Å². The minimum atomic E-state index is -0.375. The van der Waals surface area contributed by atoms with Crippen LogP contribution in [-0.4, -0.2) is 11.1 Å². The molecule has 0 rings (SSSR count). The molecule has 1 amide bonds. The van der Waals surface area contributed by atoms with Crippen molar-refractivity contribution in [3.05, 3.63) is 36.5 Å². The fourth-order valence-corrected chi connectivity index (χ4v) is 0.901. The minimum absolute atomic E-state index is 0.278. The van der Waals surface area contributed by atoms with Gasteiger partial charge in [0.05, 0.1) is 0 Å². The van der Waals surface area contributed by atoms with Crippen molar-refractivity contribution in [1.82, 2.24) is 5.48 Å². The smallest absolute Gasteiger partial charge is 0.243 e. The second-order valence-electron chi connectivity index (χ2n) is 2.51. The first-order valence-corrected chi connectivity index (χ1v) is 4.11. The molecule has 0 aliphatic rings. The van der Waals surface area contributed by atoms with Gasteiger partial charge in [0.2, 0.25) is 5.91 Å². The van der Waals surface area contributed by atoms with Crippen LogP contribution in [0.15, 0.2) is 36.5 Å². The van der Waals surface area contributed by atoms with Gasteiger partial charge in [0.1, 0.15) is 0 Å². The first-order valence-electron chi connectivity index (χ1n) is 4.11. The third-order valence-electron chi connectivity index (χ3n) is 1.48. The Morgan fingerprint density at radius 3 is 2.69 bits per heavy atom. The van der Waals surface area contributed by atoms with Crippen molar-refractivity contribution in [2.75, 3.05) is 0 Å². The molecule has 0 atom stereocenters. The van der Waals surface area contributed by atoms with Crippen LogP contribution in [0.25, 0.3) is 0 Å². The van der Waals surface area contributed by atoms with Gasteiger partial charge in [-0.1, -0.05) is 30.9 Å². The van der Waals surface area contributed by atoms with Crippen LogP contribution in [-0.2, 0) is 4.79 Å². The van der Waals surface area contributed by atoms with Crippen molar-refractivity contribution in [1.29, 1.82) is 0 Å². The van der Waals surface area contributed by atoms with Gasteiger partial charge in [0.15, 0.2) is 0 Å².